The monoisotopic (exact) mass is 852 g/mol. The highest BCUT2D eigenvalue weighted by molar-refractivity contribution is 6.54. The van der Waals surface area contributed by atoms with Gasteiger partial charge in [0, 0.05) is 56.8 Å². The van der Waals surface area contributed by atoms with Crippen molar-refractivity contribution >= 4 is 79.8 Å². The van der Waals surface area contributed by atoms with Crippen LogP contribution in [0.2, 0.25) is 10.0 Å². The number of rotatable bonds is 12. The van der Waals surface area contributed by atoms with Crippen LogP contribution in [-0.4, -0.2) is 66.9 Å². The maximum absolute atomic E-state index is 15.1. The van der Waals surface area contributed by atoms with Crippen LogP contribution in [0.3, 0.4) is 0 Å². The number of nitrogens with zero attached hydrogens (tertiary/aromatic N) is 8. The first kappa shape index (κ1) is 40.4. The molecule has 304 valence electrons. The Kier molecular flexibility index (Phi) is 11.3. The second kappa shape index (κ2) is 17.0. The first-order valence-corrected chi connectivity index (χ1v) is 19.4. The number of amides is 2. The Morgan fingerprint density at radius 3 is 1.82 bits per heavy atom. The molecule has 2 amide bonds. The number of fused-ring (bicyclic) bond motifs is 2. The number of ether oxygens (including phenoxy) is 2. The minimum absolute atomic E-state index is 0.0103. The van der Waals surface area contributed by atoms with Crippen LogP contribution < -0.4 is 19.5 Å². The first-order chi connectivity index (χ1) is 29.6. The van der Waals surface area contributed by atoms with Gasteiger partial charge in [-0.2, -0.15) is 10.2 Å². The second-order valence-corrected chi connectivity index (χ2v) is 14.7. The van der Waals surface area contributed by atoms with Crippen molar-refractivity contribution in [2.45, 2.75) is 20.0 Å². The highest BCUT2D eigenvalue weighted by Gasteiger charge is 2.39. The lowest BCUT2D eigenvalue weighted by atomic mass is 10.1. The average molecular weight is 854 g/mol. The largest absolute Gasteiger partial charge is 0.497 e. The maximum Gasteiger partial charge on any atom is 0.318 e. The van der Waals surface area contributed by atoms with Crippen LogP contribution in [0.15, 0.2) is 128 Å². The van der Waals surface area contributed by atoms with Crippen molar-refractivity contribution in [1.29, 1.82) is 0 Å². The van der Waals surface area contributed by atoms with Crippen molar-refractivity contribution in [2.75, 3.05) is 24.2 Å². The van der Waals surface area contributed by atoms with Crippen LogP contribution in [0.25, 0.3) is 21.8 Å². The van der Waals surface area contributed by atoms with Gasteiger partial charge < -0.3 is 18.6 Å². The Morgan fingerprint density at radius 1 is 0.639 bits per heavy atom. The molecule has 0 bridgehead atoms. The molecule has 0 aliphatic heterocycles. The Labute approximate surface area is 358 Å². The third kappa shape index (κ3) is 7.89. The van der Waals surface area contributed by atoms with Crippen LogP contribution in [0.4, 0.5) is 11.4 Å². The van der Waals surface area contributed by atoms with E-state index in [0.717, 1.165) is 21.1 Å². The molecule has 0 unspecified atom stereocenters. The number of methoxy groups -OCH3 is 2. The van der Waals surface area contributed by atoms with Crippen LogP contribution in [0, 0.1) is 6.92 Å². The minimum atomic E-state index is -1.20. The van der Waals surface area contributed by atoms with Gasteiger partial charge in [0.15, 0.2) is 0 Å². The Morgan fingerprint density at radius 2 is 1.21 bits per heavy atom. The molecule has 0 fully saturated rings. The predicted octanol–water partition coefficient (Wildman–Crippen LogP) is 7.95. The van der Waals surface area contributed by atoms with E-state index in [-0.39, 0.29) is 22.5 Å². The molecule has 61 heavy (non-hydrogen) atoms. The summed E-state index contributed by atoms with van der Waals surface area (Å²) < 4.78 is 14.8. The summed E-state index contributed by atoms with van der Waals surface area (Å²) in [7, 11) is 2.99. The lowest BCUT2D eigenvalue weighted by Gasteiger charge is -2.33. The topological polar surface area (TPSA) is 155 Å². The first-order valence-electron chi connectivity index (χ1n) is 18.7. The highest BCUT2D eigenvalue weighted by Crippen LogP contribution is 2.34. The van der Waals surface area contributed by atoms with Gasteiger partial charge >= 0.3 is 11.8 Å². The van der Waals surface area contributed by atoms with Gasteiger partial charge in [0.25, 0.3) is 11.6 Å². The number of hydrogen-bond acceptors (Lipinski definition) is 10. The van der Waals surface area contributed by atoms with E-state index in [1.807, 2.05) is 33.4 Å². The van der Waals surface area contributed by atoms with Gasteiger partial charge in [-0.15, -0.1) is 0 Å². The molecule has 0 N–H and O–H groups in total. The molecule has 0 spiro atoms. The molecular weight excluding hydrogens is 819 g/mol. The number of halogens is 2. The van der Waals surface area contributed by atoms with E-state index < -0.39 is 23.4 Å². The molecule has 16 heteroatoms. The zero-order valence-corrected chi connectivity index (χ0v) is 34.3. The molecule has 0 saturated heterocycles. The average Bonchev–Trinajstić information content (AvgIpc) is 3.78. The van der Waals surface area contributed by atoms with Crippen molar-refractivity contribution < 1.29 is 28.7 Å². The van der Waals surface area contributed by atoms with Crippen molar-refractivity contribution in [3.63, 3.8) is 0 Å². The summed E-state index contributed by atoms with van der Waals surface area (Å²) in [6, 6.07) is 26.3. The van der Waals surface area contributed by atoms with Gasteiger partial charge in [0.1, 0.15) is 23.5 Å². The molecule has 8 rings (SSSR count). The van der Waals surface area contributed by atoms with Crippen LogP contribution >= 0.6 is 23.2 Å². The molecule has 4 aromatic carbocycles. The molecule has 0 saturated carbocycles. The van der Waals surface area contributed by atoms with E-state index in [0.29, 0.717) is 62.1 Å². The van der Waals surface area contributed by atoms with Crippen molar-refractivity contribution in [3.8, 4) is 11.5 Å². The van der Waals surface area contributed by atoms with Gasteiger partial charge in [0.2, 0.25) is 0 Å². The van der Waals surface area contributed by atoms with Crippen molar-refractivity contribution in [2.24, 2.45) is 0 Å². The highest BCUT2D eigenvalue weighted by atomic mass is 35.5. The lowest BCUT2D eigenvalue weighted by Crippen LogP contribution is -2.55. The molecule has 0 aliphatic carbocycles. The fraction of sp³-hybridized carbons (Fsp3) is 0.111. The number of hydrazine groups is 1. The number of carbonyl (C=O) groups is 4. The van der Waals surface area contributed by atoms with Crippen molar-refractivity contribution in [1.82, 2.24) is 29.3 Å². The summed E-state index contributed by atoms with van der Waals surface area (Å²) in [5.41, 5.74) is 3.43. The summed E-state index contributed by atoms with van der Waals surface area (Å²) in [5.74, 6) is -3.51. The molecule has 0 atom stereocenters. The predicted molar refractivity (Wildman–Crippen MR) is 231 cm³/mol. The second-order valence-electron chi connectivity index (χ2n) is 13.8. The third-order valence-electron chi connectivity index (χ3n) is 10.2. The molecular formula is C45H34Cl2N8O6. The SMILES string of the molecule is COc1ccc2c(c1)c(C(=O)C(=O)N(c1ccnnc1)N(C(=O)C(=O)c1c(C)n(Cc3ccc(Cl)cc3)c3ccc(OC)cc13)c1cncnc1)cn2Cc1ccc(Cl)cc1. The molecule has 0 aliphatic rings. The molecule has 8 aromatic rings. The number of benzene rings is 4. The number of hydrogen-bond donors (Lipinski definition) is 0. The molecule has 14 nitrogen and oxygen atoms in total. The van der Waals surface area contributed by atoms with Crippen molar-refractivity contribution in [3.05, 3.63) is 166 Å². The summed E-state index contributed by atoms with van der Waals surface area (Å²) >= 11 is 12.3. The zero-order chi connectivity index (χ0) is 42.8. The van der Waals surface area contributed by atoms with Crippen LogP contribution in [-0.2, 0) is 22.7 Å². The Bertz CT molecular complexity index is 2960. The fourth-order valence-electron chi connectivity index (χ4n) is 7.22. The normalized spacial score (nSPS) is 11.1. The number of carbonyl (C=O) groups excluding carboxylic acids is 4. The number of ketones is 2. The van der Waals surface area contributed by atoms with Crippen LogP contribution in [0.1, 0.15) is 37.5 Å². The Balaban J connectivity index is 1.26. The zero-order valence-electron chi connectivity index (χ0n) is 32.8. The third-order valence-corrected chi connectivity index (χ3v) is 10.7. The minimum Gasteiger partial charge on any atom is -0.497 e. The standard InChI is InChI=1S/C45H34Cl2N8O6/c1-27-41(37-19-35(61-3)13-15-40(37)53(27)24-29-6-10-31(47)11-7-29)43(57)45(59)55(33-20-48-26-49-21-33)54(32-16-17-50-51-22-32)44(58)42(56)38-25-52(23-28-4-8-30(46)9-5-28)39-14-12-34(60-2)18-36(38)39/h4-22,25-26H,23-24H2,1-3H3. The van der Waals surface area contributed by atoms with E-state index in [4.69, 9.17) is 32.7 Å². The smallest absolute Gasteiger partial charge is 0.318 e. The molecule has 4 heterocycles. The number of Topliss-reactive ketones (excluding diaryl/α,β-unsaturated/α-hetero) is 2. The van der Waals surface area contributed by atoms with Gasteiger partial charge in [-0.3, -0.25) is 19.2 Å². The van der Waals surface area contributed by atoms with Gasteiger partial charge in [-0.1, -0.05) is 47.5 Å². The lowest BCUT2D eigenvalue weighted by molar-refractivity contribution is -0.119. The quantitative estimate of drug-likeness (QED) is 0.0672. The molecule has 0 radical (unpaired) electrons. The molecule has 4 aromatic heterocycles. The summed E-state index contributed by atoms with van der Waals surface area (Å²) in [5, 5.41) is 11.3. The number of anilines is 2. The summed E-state index contributed by atoms with van der Waals surface area (Å²) in [4.78, 5) is 68.1. The Hall–Kier alpha value is -7.42. The van der Waals surface area contributed by atoms with Gasteiger partial charge in [-0.05, 0) is 84.8 Å². The summed E-state index contributed by atoms with van der Waals surface area (Å²) in [6.07, 6.45) is 7.77. The van der Waals surface area contributed by atoms with Crippen LogP contribution in [0.5, 0.6) is 11.5 Å². The van der Waals surface area contributed by atoms with E-state index >= 15 is 9.59 Å². The van der Waals surface area contributed by atoms with E-state index in [2.05, 4.69) is 20.2 Å². The fourth-order valence-corrected chi connectivity index (χ4v) is 7.48. The maximum atomic E-state index is 15.1. The summed E-state index contributed by atoms with van der Waals surface area (Å²) in [6.45, 7) is 2.39. The van der Waals surface area contributed by atoms with E-state index in [1.165, 1.54) is 51.4 Å². The van der Waals surface area contributed by atoms with Gasteiger partial charge in [0.05, 0.1) is 55.8 Å². The van der Waals surface area contributed by atoms with Gasteiger partial charge in [-0.25, -0.2) is 20.0 Å². The van der Waals surface area contributed by atoms with E-state index in [9.17, 15) is 9.59 Å². The van der Waals surface area contributed by atoms with E-state index in [1.54, 1.807) is 73.8 Å². The number of aromatic nitrogens is 6.